The molecule has 0 aliphatic heterocycles. The second-order valence-corrected chi connectivity index (χ2v) is 4.17. The molecular formula is C14H13NOS. The SMILES string of the molecule is NC(=S)COc1ccc(-c2ccccc2)cc1. The van der Waals surface area contributed by atoms with Crippen LogP contribution in [-0.2, 0) is 0 Å². The number of thiocarbonyl (C=S) groups is 1. The molecule has 2 aromatic rings. The van der Waals surface area contributed by atoms with Crippen molar-refractivity contribution in [3.05, 3.63) is 54.6 Å². The first kappa shape index (κ1) is 11.6. The van der Waals surface area contributed by atoms with Gasteiger partial charge in [0.2, 0.25) is 0 Å². The average molecular weight is 243 g/mol. The van der Waals surface area contributed by atoms with Gasteiger partial charge in [0.1, 0.15) is 17.3 Å². The monoisotopic (exact) mass is 243 g/mol. The van der Waals surface area contributed by atoms with Gasteiger partial charge in [0.15, 0.2) is 0 Å². The lowest BCUT2D eigenvalue weighted by Crippen LogP contribution is -2.17. The van der Waals surface area contributed by atoms with E-state index in [1.807, 2.05) is 42.5 Å². The Labute approximate surface area is 106 Å². The van der Waals surface area contributed by atoms with Crippen LogP contribution in [-0.4, -0.2) is 11.6 Å². The topological polar surface area (TPSA) is 35.2 Å². The Morgan fingerprint density at radius 3 is 2.12 bits per heavy atom. The summed E-state index contributed by atoms with van der Waals surface area (Å²) in [6.45, 7) is 0.278. The highest BCUT2D eigenvalue weighted by atomic mass is 32.1. The number of benzene rings is 2. The minimum Gasteiger partial charge on any atom is -0.487 e. The van der Waals surface area contributed by atoms with Gasteiger partial charge in [0.25, 0.3) is 0 Å². The maximum absolute atomic E-state index is 5.39. The highest BCUT2D eigenvalue weighted by Gasteiger charge is 1.98. The fourth-order valence-corrected chi connectivity index (χ4v) is 1.59. The van der Waals surface area contributed by atoms with Gasteiger partial charge in [-0.3, -0.25) is 0 Å². The van der Waals surface area contributed by atoms with E-state index in [1.165, 1.54) is 5.56 Å². The molecule has 0 heterocycles. The lowest BCUT2D eigenvalue weighted by molar-refractivity contribution is 0.377. The number of rotatable bonds is 4. The summed E-state index contributed by atoms with van der Waals surface area (Å²) < 4.78 is 5.39. The molecule has 86 valence electrons. The van der Waals surface area contributed by atoms with Crippen molar-refractivity contribution in [2.45, 2.75) is 0 Å². The molecule has 0 saturated heterocycles. The standard InChI is InChI=1S/C14H13NOS/c15-14(17)10-16-13-8-6-12(7-9-13)11-4-2-1-3-5-11/h1-9H,10H2,(H2,15,17). The summed E-state index contributed by atoms with van der Waals surface area (Å²) in [7, 11) is 0. The molecule has 0 amide bonds. The van der Waals surface area contributed by atoms with Crippen molar-refractivity contribution in [1.82, 2.24) is 0 Å². The van der Waals surface area contributed by atoms with E-state index in [9.17, 15) is 0 Å². The average Bonchev–Trinajstić information content (AvgIpc) is 2.38. The second-order valence-electron chi connectivity index (χ2n) is 3.65. The van der Waals surface area contributed by atoms with Crippen molar-refractivity contribution >= 4 is 17.2 Å². The van der Waals surface area contributed by atoms with Crippen LogP contribution in [0, 0.1) is 0 Å². The van der Waals surface area contributed by atoms with E-state index in [0.717, 1.165) is 11.3 Å². The second kappa shape index (κ2) is 5.46. The predicted octanol–water partition coefficient (Wildman–Crippen LogP) is 3.02. The van der Waals surface area contributed by atoms with E-state index < -0.39 is 0 Å². The third-order valence-corrected chi connectivity index (χ3v) is 2.46. The molecule has 2 N–H and O–H groups in total. The fourth-order valence-electron chi connectivity index (χ4n) is 1.53. The molecule has 2 nitrogen and oxygen atoms in total. The zero-order chi connectivity index (χ0) is 12.1. The van der Waals surface area contributed by atoms with E-state index in [4.69, 9.17) is 22.7 Å². The third-order valence-electron chi connectivity index (χ3n) is 2.34. The maximum atomic E-state index is 5.39. The molecule has 0 aliphatic carbocycles. The van der Waals surface area contributed by atoms with Crippen LogP contribution in [0.4, 0.5) is 0 Å². The van der Waals surface area contributed by atoms with Crippen molar-refractivity contribution in [2.75, 3.05) is 6.61 Å². The molecule has 0 radical (unpaired) electrons. The quantitative estimate of drug-likeness (QED) is 0.838. The summed E-state index contributed by atoms with van der Waals surface area (Å²) in [5.41, 5.74) is 7.72. The van der Waals surface area contributed by atoms with E-state index in [1.54, 1.807) is 0 Å². The number of ether oxygens (including phenoxy) is 1. The lowest BCUT2D eigenvalue weighted by atomic mass is 10.1. The molecule has 0 saturated carbocycles. The molecule has 0 aromatic heterocycles. The fraction of sp³-hybridized carbons (Fsp3) is 0.0714. The number of nitrogens with two attached hydrogens (primary N) is 1. The largest absolute Gasteiger partial charge is 0.487 e. The first-order chi connectivity index (χ1) is 8.25. The Hall–Kier alpha value is -1.87. The normalized spacial score (nSPS) is 9.88. The zero-order valence-corrected chi connectivity index (χ0v) is 10.1. The Kier molecular flexibility index (Phi) is 3.73. The van der Waals surface area contributed by atoms with Crippen LogP contribution in [0.5, 0.6) is 5.75 Å². The summed E-state index contributed by atoms with van der Waals surface area (Å²) in [5.74, 6) is 0.775. The zero-order valence-electron chi connectivity index (χ0n) is 9.30. The molecule has 2 aromatic carbocycles. The van der Waals surface area contributed by atoms with Gasteiger partial charge in [-0.2, -0.15) is 0 Å². The molecule has 2 rings (SSSR count). The molecule has 0 atom stereocenters. The highest BCUT2D eigenvalue weighted by Crippen LogP contribution is 2.21. The van der Waals surface area contributed by atoms with Crippen molar-refractivity contribution in [3.63, 3.8) is 0 Å². The Bertz CT molecular complexity index is 493. The van der Waals surface area contributed by atoms with Crippen molar-refractivity contribution in [1.29, 1.82) is 0 Å². The van der Waals surface area contributed by atoms with Gasteiger partial charge in [0.05, 0.1) is 0 Å². The van der Waals surface area contributed by atoms with Gasteiger partial charge in [-0.25, -0.2) is 0 Å². The predicted molar refractivity (Wildman–Crippen MR) is 74.2 cm³/mol. The molecule has 0 bridgehead atoms. The molecule has 0 fully saturated rings. The van der Waals surface area contributed by atoms with Gasteiger partial charge in [-0.05, 0) is 23.3 Å². The summed E-state index contributed by atoms with van der Waals surface area (Å²) in [6.07, 6.45) is 0. The summed E-state index contributed by atoms with van der Waals surface area (Å²) >= 11 is 4.75. The number of hydrogen-bond donors (Lipinski definition) is 1. The Balaban J connectivity index is 2.11. The minimum atomic E-state index is 0.278. The maximum Gasteiger partial charge on any atom is 0.138 e. The van der Waals surface area contributed by atoms with E-state index in [-0.39, 0.29) is 6.61 Å². The van der Waals surface area contributed by atoms with Gasteiger partial charge < -0.3 is 10.5 Å². The van der Waals surface area contributed by atoms with E-state index >= 15 is 0 Å². The molecule has 17 heavy (non-hydrogen) atoms. The minimum absolute atomic E-state index is 0.278. The molecule has 0 spiro atoms. The third kappa shape index (κ3) is 3.29. The van der Waals surface area contributed by atoms with Crippen LogP contribution in [0.15, 0.2) is 54.6 Å². The highest BCUT2D eigenvalue weighted by molar-refractivity contribution is 7.80. The van der Waals surface area contributed by atoms with E-state index in [0.29, 0.717) is 4.99 Å². The van der Waals surface area contributed by atoms with Crippen molar-refractivity contribution < 1.29 is 4.74 Å². The van der Waals surface area contributed by atoms with Gasteiger partial charge in [0, 0.05) is 0 Å². The van der Waals surface area contributed by atoms with Crippen molar-refractivity contribution in [3.8, 4) is 16.9 Å². The first-order valence-electron chi connectivity index (χ1n) is 5.32. The first-order valence-corrected chi connectivity index (χ1v) is 5.73. The van der Waals surface area contributed by atoms with Crippen LogP contribution >= 0.6 is 12.2 Å². The lowest BCUT2D eigenvalue weighted by Gasteiger charge is -2.06. The molecule has 3 heteroatoms. The Morgan fingerprint density at radius 2 is 1.53 bits per heavy atom. The summed E-state index contributed by atoms with van der Waals surface area (Å²) in [6, 6.07) is 18.1. The van der Waals surface area contributed by atoms with Crippen LogP contribution in [0.2, 0.25) is 0 Å². The molecule has 0 aliphatic rings. The van der Waals surface area contributed by atoms with Gasteiger partial charge in [-0.1, -0.05) is 54.7 Å². The van der Waals surface area contributed by atoms with Crippen LogP contribution < -0.4 is 10.5 Å². The van der Waals surface area contributed by atoms with Crippen LogP contribution in [0.3, 0.4) is 0 Å². The van der Waals surface area contributed by atoms with Crippen LogP contribution in [0.25, 0.3) is 11.1 Å². The van der Waals surface area contributed by atoms with Gasteiger partial charge >= 0.3 is 0 Å². The van der Waals surface area contributed by atoms with E-state index in [2.05, 4.69) is 12.1 Å². The van der Waals surface area contributed by atoms with Crippen LogP contribution in [0.1, 0.15) is 0 Å². The Morgan fingerprint density at radius 1 is 0.941 bits per heavy atom. The van der Waals surface area contributed by atoms with Gasteiger partial charge in [-0.15, -0.1) is 0 Å². The smallest absolute Gasteiger partial charge is 0.138 e. The molecular weight excluding hydrogens is 230 g/mol. The summed E-state index contributed by atoms with van der Waals surface area (Å²) in [5, 5.41) is 0. The number of hydrogen-bond acceptors (Lipinski definition) is 2. The molecule has 0 unspecified atom stereocenters. The summed E-state index contributed by atoms with van der Waals surface area (Å²) in [4.78, 5) is 0.358. The van der Waals surface area contributed by atoms with Crippen molar-refractivity contribution in [2.24, 2.45) is 5.73 Å².